The molecule has 0 aromatic heterocycles. The summed E-state index contributed by atoms with van der Waals surface area (Å²) in [6.45, 7) is 4.67. The Morgan fingerprint density at radius 2 is 1.24 bits per heavy atom. The Hall–Kier alpha value is -2.86. The van der Waals surface area contributed by atoms with Crippen LogP contribution in [0.5, 0.6) is 0 Å². The molecule has 0 amide bonds. The highest BCUT2D eigenvalue weighted by Gasteiger charge is 2.36. The zero-order valence-corrected chi connectivity index (χ0v) is 14.6. The van der Waals surface area contributed by atoms with E-state index in [0.29, 0.717) is 0 Å². The molecule has 1 aliphatic rings. The number of rotatable bonds is 1. The van der Waals surface area contributed by atoms with Crippen molar-refractivity contribution in [2.24, 2.45) is 0 Å². The van der Waals surface area contributed by atoms with Crippen LogP contribution in [0, 0.1) is 0 Å². The monoisotopic (exact) mass is 320 g/mol. The lowest BCUT2D eigenvalue weighted by Crippen LogP contribution is -2.14. The molecule has 120 valence electrons. The molecule has 0 bridgehead atoms. The van der Waals surface area contributed by atoms with Gasteiger partial charge in [0, 0.05) is 5.41 Å². The fraction of sp³-hybridized carbons (Fsp3) is 0.120. The van der Waals surface area contributed by atoms with Crippen LogP contribution in [0.3, 0.4) is 0 Å². The molecule has 0 radical (unpaired) electrons. The van der Waals surface area contributed by atoms with Crippen molar-refractivity contribution in [1.29, 1.82) is 0 Å². The first-order valence-electron chi connectivity index (χ1n) is 8.89. The molecule has 5 rings (SSSR count). The van der Waals surface area contributed by atoms with E-state index in [1.807, 2.05) is 0 Å². The summed E-state index contributed by atoms with van der Waals surface area (Å²) in [7, 11) is 0. The molecular formula is C25H20. The highest BCUT2D eigenvalue weighted by molar-refractivity contribution is 5.95. The quantitative estimate of drug-likeness (QED) is 0.361. The number of fused-ring (bicyclic) bond motifs is 4. The van der Waals surface area contributed by atoms with Crippen molar-refractivity contribution in [2.75, 3.05) is 0 Å². The summed E-state index contributed by atoms with van der Waals surface area (Å²) in [4.78, 5) is 0. The normalized spacial score (nSPS) is 14.3. The minimum Gasteiger partial charge on any atom is -0.0619 e. The average Bonchev–Trinajstić information content (AvgIpc) is 2.90. The zero-order valence-electron chi connectivity index (χ0n) is 14.6. The zero-order chi connectivity index (χ0) is 17.0. The van der Waals surface area contributed by atoms with Gasteiger partial charge in [0.05, 0.1) is 0 Å². The maximum atomic E-state index is 2.34. The van der Waals surface area contributed by atoms with Crippen LogP contribution in [0.25, 0.3) is 33.0 Å². The molecule has 0 aliphatic heterocycles. The number of hydrogen-bond acceptors (Lipinski definition) is 0. The van der Waals surface area contributed by atoms with Crippen LogP contribution < -0.4 is 0 Å². The van der Waals surface area contributed by atoms with Crippen LogP contribution in [0.1, 0.15) is 25.0 Å². The minimum absolute atomic E-state index is 0.0544. The van der Waals surface area contributed by atoms with Gasteiger partial charge in [-0.2, -0.15) is 0 Å². The molecule has 1 aliphatic carbocycles. The molecule has 0 atom stereocenters. The summed E-state index contributed by atoms with van der Waals surface area (Å²) in [5.41, 5.74) is 8.32. The predicted molar refractivity (Wildman–Crippen MR) is 107 cm³/mol. The van der Waals surface area contributed by atoms with Gasteiger partial charge in [-0.05, 0) is 50.2 Å². The lowest BCUT2D eigenvalue weighted by molar-refractivity contribution is 0.660. The maximum absolute atomic E-state index is 2.34. The average molecular weight is 320 g/mol. The molecule has 4 aromatic rings. The van der Waals surface area contributed by atoms with E-state index in [0.717, 1.165) is 0 Å². The van der Waals surface area contributed by atoms with Crippen molar-refractivity contribution < 1.29 is 0 Å². The van der Waals surface area contributed by atoms with Crippen LogP contribution in [-0.2, 0) is 5.41 Å². The first-order valence-corrected chi connectivity index (χ1v) is 8.89. The van der Waals surface area contributed by atoms with Gasteiger partial charge < -0.3 is 0 Å². The third-order valence-electron chi connectivity index (χ3n) is 5.67. The van der Waals surface area contributed by atoms with E-state index in [1.165, 1.54) is 44.2 Å². The third-order valence-corrected chi connectivity index (χ3v) is 5.67. The van der Waals surface area contributed by atoms with Gasteiger partial charge >= 0.3 is 0 Å². The van der Waals surface area contributed by atoms with Gasteiger partial charge in [0.2, 0.25) is 0 Å². The maximum Gasteiger partial charge on any atom is 0.0159 e. The van der Waals surface area contributed by atoms with E-state index in [1.54, 1.807) is 0 Å². The Balaban J connectivity index is 1.82. The van der Waals surface area contributed by atoms with Gasteiger partial charge in [0.15, 0.2) is 0 Å². The smallest absolute Gasteiger partial charge is 0.0159 e. The molecule has 4 aromatic carbocycles. The molecule has 25 heavy (non-hydrogen) atoms. The Morgan fingerprint density at radius 1 is 0.560 bits per heavy atom. The summed E-state index contributed by atoms with van der Waals surface area (Å²) >= 11 is 0. The number of hydrogen-bond donors (Lipinski definition) is 0. The molecular weight excluding hydrogens is 300 g/mol. The van der Waals surface area contributed by atoms with Gasteiger partial charge in [-0.15, -0.1) is 0 Å². The first-order chi connectivity index (χ1) is 12.2. The van der Waals surface area contributed by atoms with E-state index in [4.69, 9.17) is 0 Å². The van der Waals surface area contributed by atoms with Crippen molar-refractivity contribution in [3.05, 3.63) is 96.1 Å². The van der Waals surface area contributed by atoms with Gasteiger partial charge in [-0.1, -0.05) is 92.7 Å². The fourth-order valence-electron chi connectivity index (χ4n) is 4.35. The molecule has 0 heteroatoms. The Labute approximate surface area is 148 Å². The lowest BCUT2D eigenvalue weighted by Gasteiger charge is -2.21. The summed E-state index contributed by atoms with van der Waals surface area (Å²) in [5.74, 6) is 0. The first kappa shape index (κ1) is 14.5. The van der Waals surface area contributed by atoms with Crippen LogP contribution >= 0.6 is 0 Å². The lowest BCUT2D eigenvalue weighted by atomic mass is 9.82. The van der Waals surface area contributed by atoms with E-state index < -0.39 is 0 Å². The second kappa shape index (κ2) is 5.07. The van der Waals surface area contributed by atoms with E-state index in [-0.39, 0.29) is 5.41 Å². The topological polar surface area (TPSA) is 0 Å². The molecule has 0 fully saturated rings. The molecule has 0 heterocycles. The Kier molecular flexibility index (Phi) is 2.93. The van der Waals surface area contributed by atoms with E-state index in [9.17, 15) is 0 Å². The summed E-state index contributed by atoms with van der Waals surface area (Å²) in [6, 6.07) is 31.0. The van der Waals surface area contributed by atoms with Gasteiger partial charge in [-0.25, -0.2) is 0 Å². The van der Waals surface area contributed by atoms with Gasteiger partial charge in [0.1, 0.15) is 0 Å². The summed E-state index contributed by atoms with van der Waals surface area (Å²) in [6.07, 6.45) is 0. The van der Waals surface area contributed by atoms with Gasteiger partial charge in [0.25, 0.3) is 0 Å². The molecule has 0 nitrogen and oxygen atoms in total. The molecule has 0 spiro atoms. The SMILES string of the molecule is CC1(C)c2ccccc2-c2c(-c3ccc4ccccc4c3)cccc21. The fourth-order valence-corrected chi connectivity index (χ4v) is 4.35. The largest absolute Gasteiger partial charge is 0.0619 e. The van der Waals surface area contributed by atoms with Crippen molar-refractivity contribution in [2.45, 2.75) is 19.3 Å². The molecule has 0 unspecified atom stereocenters. The van der Waals surface area contributed by atoms with Crippen molar-refractivity contribution in [1.82, 2.24) is 0 Å². The van der Waals surface area contributed by atoms with Crippen molar-refractivity contribution >= 4 is 10.8 Å². The molecule has 0 saturated heterocycles. The molecule has 0 N–H and O–H groups in total. The second-order valence-corrected chi connectivity index (χ2v) is 7.46. The van der Waals surface area contributed by atoms with Crippen molar-refractivity contribution in [3.63, 3.8) is 0 Å². The van der Waals surface area contributed by atoms with E-state index >= 15 is 0 Å². The highest BCUT2D eigenvalue weighted by atomic mass is 14.4. The summed E-state index contributed by atoms with van der Waals surface area (Å²) < 4.78 is 0. The van der Waals surface area contributed by atoms with Gasteiger partial charge in [-0.3, -0.25) is 0 Å². The minimum atomic E-state index is 0.0544. The second-order valence-electron chi connectivity index (χ2n) is 7.46. The van der Waals surface area contributed by atoms with Crippen LogP contribution in [0.15, 0.2) is 84.9 Å². The predicted octanol–water partition coefficient (Wildman–Crippen LogP) is 6.81. The summed E-state index contributed by atoms with van der Waals surface area (Å²) in [5, 5.41) is 2.59. The Morgan fingerprint density at radius 3 is 2.12 bits per heavy atom. The Bertz CT molecular complexity index is 1120. The standard InChI is InChI=1S/C25H20/c1-25(2)22-12-6-5-10-21(22)24-20(11-7-13-23(24)25)19-15-14-17-8-3-4-9-18(17)16-19/h3-16H,1-2H3. The number of benzene rings is 4. The third kappa shape index (κ3) is 2.01. The highest BCUT2D eigenvalue weighted by Crippen LogP contribution is 2.51. The van der Waals surface area contributed by atoms with Crippen LogP contribution in [0.4, 0.5) is 0 Å². The van der Waals surface area contributed by atoms with Crippen LogP contribution in [0.2, 0.25) is 0 Å². The van der Waals surface area contributed by atoms with Crippen molar-refractivity contribution in [3.8, 4) is 22.3 Å². The molecule has 0 saturated carbocycles. The van der Waals surface area contributed by atoms with E-state index in [2.05, 4.69) is 98.8 Å². The van der Waals surface area contributed by atoms with Crippen LogP contribution in [-0.4, -0.2) is 0 Å².